The molecular formula is C24H29IN4O2. The molecule has 31 heavy (non-hydrogen) atoms. The zero-order valence-electron chi connectivity index (χ0n) is 17.9. The number of halogens is 1. The van der Waals surface area contributed by atoms with Crippen molar-refractivity contribution >= 4 is 29.9 Å². The van der Waals surface area contributed by atoms with Crippen LogP contribution in [0.4, 0.5) is 0 Å². The van der Waals surface area contributed by atoms with Crippen LogP contribution >= 0.6 is 24.0 Å². The van der Waals surface area contributed by atoms with Crippen LogP contribution in [0.3, 0.4) is 0 Å². The molecule has 0 amide bonds. The van der Waals surface area contributed by atoms with Crippen molar-refractivity contribution < 1.29 is 9.15 Å². The van der Waals surface area contributed by atoms with Crippen molar-refractivity contribution in [2.75, 3.05) is 13.7 Å². The third kappa shape index (κ3) is 6.72. The van der Waals surface area contributed by atoms with E-state index >= 15 is 0 Å². The van der Waals surface area contributed by atoms with E-state index < -0.39 is 0 Å². The van der Waals surface area contributed by atoms with Gasteiger partial charge in [0.25, 0.3) is 0 Å². The van der Waals surface area contributed by atoms with Gasteiger partial charge in [0, 0.05) is 24.7 Å². The molecule has 164 valence electrons. The van der Waals surface area contributed by atoms with Crippen molar-refractivity contribution in [3.63, 3.8) is 0 Å². The number of aryl methyl sites for hydroxylation is 1. The Morgan fingerprint density at radius 3 is 2.65 bits per heavy atom. The molecule has 0 atom stereocenters. The first kappa shape index (κ1) is 23.1. The minimum absolute atomic E-state index is 0. The Morgan fingerprint density at radius 1 is 1.13 bits per heavy atom. The lowest BCUT2D eigenvalue weighted by Gasteiger charge is -2.15. The second-order valence-corrected chi connectivity index (χ2v) is 7.65. The first-order valence-corrected chi connectivity index (χ1v) is 10.4. The van der Waals surface area contributed by atoms with Crippen LogP contribution in [0.25, 0.3) is 11.5 Å². The maximum absolute atomic E-state index is 6.06. The number of guanidine groups is 1. The smallest absolute Gasteiger partial charge is 0.226 e. The molecule has 2 aromatic carbocycles. The molecule has 6 nitrogen and oxygen atoms in total. The van der Waals surface area contributed by atoms with Gasteiger partial charge in [-0.2, -0.15) is 0 Å². The highest BCUT2D eigenvalue weighted by atomic mass is 127. The molecule has 7 heteroatoms. The summed E-state index contributed by atoms with van der Waals surface area (Å²) in [5.74, 6) is 3.00. The highest BCUT2D eigenvalue weighted by Gasteiger charge is 2.22. The Balaban J connectivity index is 0.00000272. The van der Waals surface area contributed by atoms with Gasteiger partial charge in [-0.1, -0.05) is 30.3 Å². The van der Waals surface area contributed by atoms with Crippen molar-refractivity contribution in [1.82, 2.24) is 15.6 Å². The number of hydrogen-bond donors (Lipinski definition) is 2. The van der Waals surface area contributed by atoms with Crippen molar-refractivity contribution in [2.45, 2.75) is 32.9 Å². The Bertz CT molecular complexity index is 1000. The number of aromatic nitrogens is 1. The summed E-state index contributed by atoms with van der Waals surface area (Å²) >= 11 is 0. The Kier molecular flexibility index (Phi) is 8.34. The lowest BCUT2D eigenvalue weighted by atomic mass is 10.1. The van der Waals surface area contributed by atoms with Crippen LogP contribution in [-0.4, -0.2) is 24.6 Å². The largest absolute Gasteiger partial charge is 0.493 e. The summed E-state index contributed by atoms with van der Waals surface area (Å²) in [4.78, 5) is 8.85. The molecule has 1 fully saturated rings. The molecule has 0 aliphatic heterocycles. The van der Waals surface area contributed by atoms with Crippen molar-refractivity contribution in [1.29, 1.82) is 0 Å². The number of rotatable bonds is 8. The lowest BCUT2D eigenvalue weighted by Crippen LogP contribution is -2.36. The van der Waals surface area contributed by atoms with Gasteiger partial charge < -0.3 is 19.8 Å². The topological polar surface area (TPSA) is 71.7 Å². The summed E-state index contributed by atoms with van der Waals surface area (Å²) < 4.78 is 11.7. The minimum atomic E-state index is 0. The van der Waals surface area contributed by atoms with E-state index in [1.165, 1.54) is 18.4 Å². The number of benzene rings is 2. The quantitative estimate of drug-likeness (QED) is 0.245. The molecule has 1 saturated carbocycles. The third-order valence-electron chi connectivity index (χ3n) is 5.07. The number of ether oxygens (including phenoxy) is 1. The molecule has 0 spiro atoms. The van der Waals surface area contributed by atoms with Gasteiger partial charge in [0.05, 0.1) is 18.8 Å². The normalized spacial score (nSPS) is 13.4. The Labute approximate surface area is 200 Å². The molecule has 1 aliphatic rings. The predicted molar refractivity (Wildman–Crippen MR) is 134 cm³/mol. The summed E-state index contributed by atoms with van der Waals surface area (Å²) in [6, 6.07) is 16.2. The maximum atomic E-state index is 6.06. The fraction of sp³-hybridized carbons (Fsp3) is 0.333. The van der Waals surface area contributed by atoms with Gasteiger partial charge in [0.15, 0.2) is 5.96 Å². The molecule has 0 bridgehead atoms. The fourth-order valence-corrected chi connectivity index (χ4v) is 3.11. The molecule has 1 aliphatic carbocycles. The van der Waals surface area contributed by atoms with Gasteiger partial charge in [-0.25, -0.2) is 4.98 Å². The van der Waals surface area contributed by atoms with E-state index in [-0.39, 0.29) is 24.0 Å². The minimum Gasteiger partial charge on any atom is -0.493 e. The molecule has 0 unspecified atom stereocenters. The highest BCUT2D eigenvalue weighted by molar-refractivity contribution is 14.0. The Hall–Kier alpha value is -2.55. The first-order valence-electron chi connectivity index (χ1n) is 10.4. The van der Waals surface area contributed by atoms with Crippen LogP contribution in [0.1, 0.15) is 29.7 Å². The van der Waals surface area contributed by atoms with Crippen molar-refractivity contribution in [2.24, 2.45) is 10.9 Å². The summed E-state index contributed by atoms with van der Waals surface area (Å²) in [5.41, 5.74) is 4.11. The Morgan fingerprint density at radius 2 is 1.90 bits per heavy atom. The maximum Gasteiger partial charge on any atom is 0.226 e. The van der Waals surface area contributed by atoms with E-state index in [0.29, 0.717) is 24.9 Å². The van der Waals surface area contributed by atoms with Gasteiger partial charge in [0.1, 0.15) is 12.0 Å². The van der Waals surface area contributed by atoms with E-state index in [1.807, 2.05) is 30.3 Å². The molecule has 1 heterocycles. The van der Waals surface area contributed by atoms with Crippen LogP contribution in [-0.2, 0) is 13.1 Å². The zero-order valence-corrected chi connectivity index (χ0v) is 20.3. The van der Waals surface area contributed by atoms with Gasteiger partial charge in [-0.05, 0) is 49.4 Å². The summed E-state index contributed by atoms with van der Waals surface area (Å²) in [5, 5.41) is 6.65. The van der Waals surface area contributed by atoms with Crippen LogP contribution < -0.4 is 15.4 Å². The molecule has 2 N–H and O–H groups in total. The SMILES string of the molecule is CN=C(NCc1coc(-c2ccccc2)n1)NCc1ccc(C)cc1OCC1CC1.I. The average molecular weight is 532 g/mol. The lowest BCUT2D eigenvalue weighted by molar-refractivity contribution is 0.296. The molecule has 3 aromatic rings. The summed E-state index contributed by atoms with van der Waals surface area (Å²) in [7, 11) is 1.76. The summed E-state index contributed by atoms with van der Waals surface area (Å²) in [6.45, 7) is 4.05. The van der Waals surface area contributed by atoms with Crippen molar-refractivity contribution in [3.05, 3.63) is 71.6 Å². The average Bonchev–Trinajstić information content (AvgIpc) is 3.49. The van der Waals surface area contributed by atoms with E-state index in [4.69, 9.17) is 9.15 Å². The molecular weight excluding hydrogens is 503 g/mol. The van der Waals surface area contributed by atoms with Crippen LogP contribution in [0.2, 0.25) is 0 Å². The summed E-state index contributed by atoms with van der Waals surface area (Å²) in [6.07, 6.45) is 4.24. The van der Waals surface area contributed by atoms with Crippen LogP contribution in [0, 0.1) is 12.8 Å². The van der Waals surface area contributed by atoms with Crippen LogP contribution in [0.5, 0.6) is 5.75 Å². The molecule has 0 saturated heterocycles. The van der Waals surface area contributed by atoms with Crippen molar-refractivity contribution in [3.8, 4) is 17.2 Å². The number of nitrogens with one attached hydrogen (secondary N) is 2. The van der Waals surface area contributed by atoms with E-state index in [2.05, 4.69) is 45.7 Å². The van der Waals surface area contributed by atoms with E-state index in [0.717, 1.165) is 35.1 Å². The molecule has 0 radical (unpaired) electrons. The molecule has 1 aromatic heterocycles. The molecule has 4 rings (SSSR count). The van der Waals surface area contributed by atoms with Crippen LogP contribution in [0.15, 0.2) is 64.2 Å². The monoisotopic (exact) mass is 532 g/mol. The standard InChI is InChI=1S/C24H28N4O2.HI/c1-17-8-11-20(22(12-17)29-15-18-9-10-18)13-26-24(25-2)27-14-21-16-30-23(28-21)19-6-4-3-5-7-19;/h3-8,11-12,16,18H,9-10,13-15H2,1-2H3,(H2,25,26,27);1H. The number of oxazole rings is 1. The number of nitrogens with zero attached hydrogens (tertiary/aromatic N) is 2. The number of aliphatic imine (C=N–C) groups is 1. The number of hydrogen-bond acceptors (Lipinski definition) is 4. The second-order valence-electron chi connectivity index (χ2n) is 7.65. The third-order valence-corrected chi connectivity index (χ3v) is 5.07. The fourth-order valence-electron chi connectivity index (χ4n) is 3.11. The predicted octanol–water partition coefficient (Wildman–Crippen LogP) is 4.92. The van der Waals surface area contributed by atoms with Gasteiger partial charge >= 0.3 is 0 Å². The first-order chi connectivity index (χ1) is 14.7. The van der Waals surface area contributed by atoms with Gasteiger partial charge in [-0.3, -0.25) is 4.99 Å². The van der Waals surface area contributed by atoms with E-state index in [1.54, 1.807) is 13.3 Å². The van der Waals surface area contributed by atoms with Gasteiger partial charge in [-0.15, -0.1) is 24.0 Å². The zero-order chi connectivity index (χ0) is 20.8. The van der Waals surface area contributed by atoms with Gasteiger partial charge in [0.2, 0.25) is 5.89 Å². The highest BCUT2D eigenvalue weighted by Crippen LogP contribution is 2.30. The van der Waals surface area contributed by atoms with E-state index in [9.17, 15) is 0 Å². The second kappa shape index (κ2) is 11.2.